The first-order valence-electron chi connectivity index (χ1n) is 8.20. The van der Waals surface area contributed by atoms with Crippen LogP contribution in [0.2, 0.25) is 0 Å². The average molecular weight is 342 g/mol. The van der Waals surface area contributed by atoms with Crippen molar-refractivity contribution >= 4 is 17.3 Å². The summed E-state index contributed by atoms with van der Waals surface area (Å²) in [5, 5.41) is 6.29. The van der Waals surface area contributed by atoms with Crippen molar-refractivity contribution in [3.63, 3.8) is 0 Å². The maximum atomic E-state index is 12.3. The van der Waals surface area contributed by atoms with Crippen molar-refractivity contribution in [1.82, 2.24) is 0 Å². The molecule has 5 nitrogen and oxygen atoms in total. The summed E-state index contributed by atoms with van der Waals surface area (Å²) in [6.45, 7) is 6.31. The predicted molar refractivity (Wildman–Crippen MR) is 102 cm³/mol. The van der Waals surface area contributed by atoms with Crippen LogP contribution in [-0.4, -0.2) is 25.7 Å². The van der Waals surface area contributed by atoms with Gasteiger partial charge in [-0.05, 0) is 62.7 Å². The molecule has 0 aromatic heterocycles. The molecule has 0 aliphatic rings. The van der Waals surface area contributed by atoms with E-state index >= 15 is 0 Å². The van der Waals surface area contributed by atoms with Crippen LogP contribution in [-0.2, 0) is 11.2 Å². The van der Waals surface area contributed by atoms with Gasteiger partial charge in [-0.1, -0.05) is 6.07 Å². The number of ether oxygens (including phenoxy) is 2. The van der Waals surface area contributed by atoms with E-state index in [0.717, 1.165) is 16.9 Å². The molecule has 134 valence electrons. The van der Waals surface area contributed by atoms with Crippen LogP contribution < -0.4 is 20.1 Å². The molecule has 2 rings (SSSR count). The van der Waals surface area contributed by atoms with Crippen LogP contribution in [0.15, 0.2) is 42.5 Å². The third-order valence-corrected chi connectivity index (χ3v) is 3.50. The quantitative estimate of drug-likeness (QED) is 0.830. The molecule has 0 heterocycles. The van der Waals surface area contributed by atoms with Crippen molar-refractivity contribution in [3.8, 4) is 11.5 Å². The molecule has 25 heavy (non-hydrogen) atoms. The van der Waals surface area contributed by atoms with Gasteiger partial charge in [0.25, 0.3) is 0 Å². The van der Waals surface area contributed by atoms with Gasteiger partial charge in [0, 0.05) is 16.9 Å². The van der Waals surface area contributed by atoms with E-state index in [1.807, 2.05) is 36.4 Å². The number of anilines is 2. The number of hydrogen-bond acceptors (Lipinski definition) is 4. The van der Waals surface area contributed by atoms with Crippen LogP contribution >= 0.6 is 0 Å². The molecule has 1 amide bonds. The highest BCUT2D eigenvalue weighted by Gasteiger charge is 2.10. The molecule has 0 aliphatic carbocycles. The molecular weight excluding hydrogens is 316 g/mol. The summed E-state index contributed by atoms with van der Waals surface area (Å²) in [6.07, 6.45) is 0.266. The molecule has 0 bridgehead atoms. The first-order valence-corrected chi connectivity index (χ1v) is 8.20. The zero-order chi connectivity index (χ0) is 18.4. The summed E-state index contributed by atoms with van der Waals surface area (Å²) in [5.41, 5.74) is 2.65. The lowest BCUT2D eigenvalue weighted by molar-refractivity contribution is -0.115. The lowest BCUT2D eigenvalue weighted by atomic mass is 10.1. The van der Waals surface area contributed by atoms with Crippen molar-refractivity contribution in [2.45, 2.75) is 32.7 Å². The second kappa shape index (κ2) is 7.92. The van der Waals surface area contributed by atoms with Gasteiger partial charge in [-0.25, -0.2) is 0 Å². The highest BCUT2D eigenvalue weighted by atomic mass is 16.5. The molecule has 0 radical (unpaired) electrons. The van der Waals surface area contributed by atoms with E-state index in [1.54, 1.807) is 20.3 Å². The van der Waals surface area contributed by atoms with Gasteiger partial charge in [-0.3, -0.25) is 4.79 Å². The van der Waals surface area contributed by atoms with Gasteiger partial charge in [-0.15, -0.1) is 0 Å². The van der Waals surface area contributed by atoms with Gasteiger partial charge in [0.1, 0.15) is 0 Å². The standard InChI is InChI=1S/C20H26N2O3/c1-20(2,3)22-16-9-7-15(8-10-16)21-19(23)13-14-6-11-17(24-4)18(12-14)25-5/h6-12,22H,13H2,1-5H3,(H,21,23). The van der Waals surface area contributed by atoms with E-state index < -0.39 is 0 Å². The van der Waals surface area contributed by atoms with Gasteiger partial charge in [0.05, 0.1) is 20.6 Å². The fraction of sp³-hybridized carbons (Fsp3) is 0.350. The van der Waals surface area contributed by atoms with Crippen molar-refractivity contribution in [2.24, 2.45) is 0 Å². The second-order valence-corrected chi connectivity index (χ2v) is 6.87. The molecule has 2 aromatic carbocycles. The number of rotatable bonds is 6. The Morgan fingerprint density at radius 3 is 2.08 bits per heavy atom. The molecule has 2 N–H and O–H groups in total. The molecule has 0 unspecified atom stereocenters. The van der Waals surface area contributed by atoms with Crippen LogP contribution in [0.25, 0.3) is 0 Å². The van der Waals surface area contributed by atoms with E-state index in [9.17, 15) is 4.79 Å². The summed E-state index contributed by atoms with van der Waals surface area (Å²) < 4.78 is 10.5. The number of amides is 1. The Kier molecular flexibility index (Phi) is 5.91. The second-order valence-electron chi connectivity index (χ2n) is 6.87. The molecule has 0 aliphatic heterocycles. The predicted octanol–water partition coefficient (Wildman–Crippen LogP) is 4.10. The molecular formula is C20H26N2O3. The van der Waals surface area contributed by atoms with Crippen LogP contribution in [0.5, 0.6) is 11.5 Å². The Morgan fingerprint density at radius 1 is 0.920 bits per heavy atom. The molecule has 5 heteroatoms. The minimum atomic E-state index is -0.0799. The monoisotopic (exact) mass is 342 g/mol. The first kappa shape index (κ1) is 18.6. The summed E-state index contributed by atoms with van der Waals surface area (Å²) in [5.74, 6) is 1.18. The average Bonchev–Trinajstić information content (AvgIpc) is 2.55. The Morgan fingerprint density at radius 2 is 1.52 bits per heavy atom. The van der Waals surface area contributed by atoms with Crippen LogP contribution in [0.1, 0.15) is 26.3 Å². The molecule has 0 fully saturated rings. The number of benzene rings is 2. The van der Waals surface area contributed by atoms with E-state index in [-0.39, 0.29) is 17.9 Å². The van der Waals surface area contributed by atoms with Crippen molar-refractivity contribution < 1.29 is 14.3 Å². The lowest BCUT2D eigenvalue weighted by Gasteiger charge is -2.22. The molecule has 0 atom stereocenters. The number of methoxy groups -OCH3 is 2. The van der Waals surface area contributed by atoms with Gasteiger partial charge in [0.2, 0.25) is 5.91 Å². The van der Waals surface area contributed by atoms with Crippen molar-refractivity contribution in [1.29, 1.82) is 0 Å². The Balaban J connectivity index is 1.98. The Bertz CT molecular complexity index is 719. The topological polar surface area (TPSA) is 59.6 Å². The Hall–Kier alpha value is -2.69. The highest BCUT2D eigenvalue weighted by molar-refractivity contribution is 5.92. The third kappa shape index (κ3) is 5.71. The summed E-state index contributed by atoms with van der Waals surface area (Å²) >= 11 is 0. The molecule has 0 spiro atoms. The van der Waals surface area contributed by atoms with E-state index in [1.165, 1.54) is 0 Å². The SMILES string of the molecule is COc1ccc(CC(=O)Nc2ccc(NC(C)(C)C)cc2)cc1OC. The number of hydrogen-bond donors (Lipinski definition) is 2. The maximum Gasteiger partial charge on any atom is 0.228 e. The number of nitrogens with one attached hydrogen (secondary N) is 2. The minimum absolute atomic E-state index is 0.00180. The highest BCUT2D eigenvalue weighted by Crippen LogP contribution is 2.27. The summed E-state index contributed by atoms with van der Waals surface area (Å²) in [6, 6.07) is 13.2. The van der Waals surface area contributed by atoms with Crippen LogP contribution in [0, 0.1) is 0 Å². The van der Waals surface area contributed by atoms with Gasteiger partial charge in [-0.2, -0.15) is 0 Å². The normalized spacial score (nSPS) is 10.9. The van der Waals surface area contributed by atoms with E-state index in [4.69, 9.17) is 9.47 Å². The van der Waals surface area contributed by atoms with Crippen molar-refractivity contribution in [2.75, 3.05) is 24.9 Å². The fourth-order valence-electron chi connectivity index (χ4n) is 2.45. The Labute approximate surface area is 149 Å². The minimum Gasteiger partial charge on any atom is -0.493 e. The van der Waals surface area contributed by atoms with E-state index in [2.05, 4.69) is 31.4 Å². The third-order valence-electron chi connectivity index (χ3n) is 3.50. The largest absolute Gasteiger partial charge is 0.493 e. The van der Waals surface area contributed by atoms with Gasteiger partial charge in [0.15, 0.2) is 11.5 Å². The fourth-order valence-corrected chi connectivity index (χ4v) is 2.45. The van der Waals surface area contributed by atoms with Crippen molar-refractivity contribution in [3.05, 3.63) is 48.0 Å². The zero-order valence-electron chi connectivity index (χ0n) is 15.5. The molecule has 2 aromatic rings. The molecule has 0 saturated heterocycles. The van der Waals surface area contributed by atoms with E-state index in [0.29, 0.717) is 11.5 Å². The zero-order valence-corrected chi connectivity index (χ0v) is 15.5. The van der Waals surface area contributed by atoms with Gasteiger partial charge >= 0.3 is 0 Å². The summed E-state index contributed by atoms with van der Waals surface area (Å²) in [4.78, 5) is 12.3. The number of carbonyl (C=O) groups is 1. The van der Waals surface area contributed by atoms with Crippen LogP contribution in [0.4, 0.5) is 11.4 Å². The van der Waals surface area contributed by atoms with Gasteiger partial charge < -0.3 is 20.1 Å². The lowest BCUT2D eigenvalue weighted by Crippen LogP contribution is -2.25. The smallest absolute Gasteiger partial charge is 0.228 e. The first-order chi connectivity index (χ1) is 11.8. The molecule has 0 saturated carbocycles. The number of carbonyl (C=O) groups excluding carboxylic acids is 1. The maximum absolute atomic E-state index is 12.3. The van der Waals surface area contributed by atoms with Crippen LogP contribution in [0.3, 0.4) is 0 Å². The summed E-state index contributed by atoms with van der Waals surface area (Å²) in [7, 11) is 3.16.